The lowest BCUT2D eigenvalue weighted by Crippen LogP contribution is -2.45. The van der Waals surface area contributed by atoms with E-state index in [1.54, 1.807) is 0 Å². The Morgan fingerprint density at radius 3 is 1.97 bits per heavy atom. The summed E-state index contributed by atoms with van der Waals surface area (Å²) in [6, 6.07) is 28.3. The van der Waals surface area contributed by atoms with Crippen molar-refractivity contribution in [3.05, 3.63) is 101 Å². The van der Waals surface area contributed by atoms with Crippen LogP contribution in [0.3, 0.4) is 0 Å². The van der Waals surface area contributed by atoms with Crippen LogP contribution in [0.1, 0.15) is 30.9 Å². The highest BCUT2D eigenvalue weighted by Crippen LogP contribution is 2.41. The van der Waals surface area contributed by atoms with Crippen molar-refractivity contribution in [2.75, 3.05) is 26.2 Å². The molecule has 0 radical (unpaired) electrons. The lowest BCUT2D eigenvalue weighted by molar-refractivity contribution is -0.0164. The minimum Gasteiger partial charge on any atom is -0.493 e. The molecule has 1 saturated heterocycles. The molecular weight excluding hydrogens is 462 g/mol. The van der Waals surface area contributed by atoms with Crippen LogP contribution in [-0.2, 0) is 5.60 Å². The number of halogens is 1. The zero-order valence-electron chi connectivity index (χ0n) is 18.7. The topological polar surface area (TPSA) is 32.7 Å². The molecule has 1 atom stereocenters. The molecular formula is C28H32BrNO2. The normalized spacial score (nSPS) is 16.6. The predicted molar refractivity (Wildman–Crippen MR) is 134 cm³/mol. The first-order valence-electron chi connectivity index (χ1n) is 11.5. The standard InChI is InChI=1S/C28H32BrNO2/c1-22(21-32-27-14-12-26(29)13-15-27)20-30-18-16-25(17-19-30)28(31,23-8-4-2-5-9-23)24-10-6-3-7-11-24/h2-15,22,25,31H,16-21H2,1H3. The van der Waals surface area contributed by atoms with Crippen molar-refractivity contribution < 1.29 is 9.84 Å². The van der Waals surface area contributed by atoms with Gasteiger partial charge in [0.25, 0.3) is 0 Å². The van der Waals surface area contributed by atoms with Crippen LogP contribution < -0.4 is 4.74 Å². The number of benzene rings is 3. The first kappa shape index (κ1) is 23.0. The molecule has 3 nitrogen and oxygen atoms in total. The molecule has 1 heterocycles. The first-order valence-corrected chi connectivity index (χ1v) is 12.3. The molecule has 32 heavy (non-hydrogen) atoms. The summed E-state index contributed by atoms with van der Waals surface area (Å²) in [5.74, 6) is 1.55. The van der Waals surface area contributed by atoms with Crippen LogP contribution in [-0.4, -0.2) is 36.2 Å². The molecule has 0 bridgehead atoms. The van der Waals surface area contributed by atoms with Crippen molar-refractivity contribution in [3.8, 4) is 5.75 Å². The molecule has 3 aromatic rings. The van der Waals surface area contributed by atoms with Gasteiger partial charge in [-0.2, -0.15) is 0 Å². The number of likely N-dealkylation sites (tertiary alicyclic amines) is 1. The summed E-state index contributed by atoms with van der Waals surface area (Å²) >= 11 is 3.46. The van der Waals surface area contributed by atoms with Gasteiger partial charge in [-0.1, -0.05) is 83.5 Å². The van der Waals surface area contributed by atoms with Crippen LogP contribution in [0.25, 0.3) is 0 Å². The van der Waals surface area contributed by atoms with E-state index in [1.165, 1.54) is 0 Å². The average Bonchev–Trinajstić information content (AvgIpc) is 2.85. The van der Waals surface area contributed by atoms with Gasteiger partial charge in [0.1, 0.15) is 11.4 Å². The molecule has 0 spiro atoms. The summed E-state index contributed by atoms with van der Waals surface area (Å²) in [7, 11) is 0. The molecule has 1 fully saturated rings. The Labute approximate surface area is 200 Å². The molecule has 4 rings (SSSR count). The van der Waals surface area contributed by atoms with Crippen molar-refractivity contribution in [1.29, 1.82) is 0 Å². The molecule has 1 unspecified atom stereocenters. The Hall–Kier alpha value is -2.14. The third-order valence-corrected chi connectivity index (χ3v) is 7.05. The fourth-order valence-electron chi connectivity index (χ4n) is 4.82. The van der Waals surface area contributed by atoms with Gasteiger partial charge < -0.3 is 14.7 Å². The van der Waals surface area contributed by atoms with Gasteiger partial charge in [0.2, 0.25) is 0 Å². The van der Waals surface area contributed by atoms with Crippen LogP contribution in [0.4, 0.5) is 0 Å². The lowest BCUT2D eigenvalue weighted by Gasteiger charge is -2.42. The van der Waals surface area contributed by atoms with E-state index in [1.807, 2.05) is 60.7 Å². The first-order chi connectivity index (χ1) is 15.6. The molecule has 1 aliphatic heterocycles. The maximum atomic E-state index is 12.0. The zero-order chi connectivity index (χ0) is 22.4. The number of piperidine rings is 1. The van der Waals surface area contributed by atoms with Gasteiger partial charge in [0.15, 0.2) is 0 Å². The Morgan fingerprint density at radius 1 is 0.906 bits per heavy atom. The highest BCUT2D eigenvalue weighted by molar-refractivity contribution is 9.10. The van der Waals surface area contributed by atoms with E-state index >= 15 is 0 Å². The number of aliphatic hydroxyl groups is 1. The third kappa shape index (κ3) is 5.43. The molecule has 168 valence electrons. The van der Waals surface area contributed by atoms with Gasteiger partial charge in [-0.15, -0.1) is 0 Å². The Kier molecular flexibility index (Phi) is 7.67. The van der Waals surface area contributed by atoms with Crippen molar-refractivity contribution in [1.82, 2.24) is 4.90 Å². The average molecular weight is 494 g/mol. The van der Waals surface area contributed by atoms with Crippen LogP contribution in [0.5, 0.6) is 5.75 Å². The molecule has 0 aromatic heterocycles. The van der Waals surface area contributed by atoms with Crippen molar-refractivity contribution in [3.63, 3.8) is 0 Å². The zero-order valence-corrected chi connectivity index (χ0v) is 20.2. The Bertz CT molecular complexity index is 914. The smallest absolute Gasteiger partial charge is 0.119 e. The van der Waals surface area contributed by atoms with Gasteiger partial charge in [0.05, 0.1) is 6.61 Å². The summed E-state index contributed by atoms with van der Waals surface area (Å²) in [5.41, 5.74) is 1.02. The maximum absolute atomic E-state index is 12.0. The fourth-order valence-corrected chi connectivity index (χ4v) is 5.08. The van der Waals surface area contributed by atoms with Gasteiger partial charge in [-0.3, -0.25) is 0 Å². The van der Waals surface area contributed by atoms with Crippen molar-refractivity contribution in [2.45, 2.75) is 25.4 Å². The molecule has 1 N–H and O–H groups in total. The van der Waals surface area contributed by atoms with Crippen LogP contribution in [0.2, 0.25) is 0 Å². The van der Waals surface area contributed by atoms with E-state index in [4.69, 9.17) is 4.74 Å². The molecule has 0 amide bonds. The number of rotatable bonds is 8. The number of hydrogen-bond donors (Lipinski definition) is 1. The summed E-state index contributed by atoms with van der Waals surface area (Å²) in [6.07, 6.45) is 1.95. The summed E-state index contributed by atoms with van der Waals surface area (Å²) in [5, 5.41) is 12.0. The van der Waals surface area contributed by atoms with E-state index in [0.29, 0.717) is 12.5 Å². The second-order valence-corrected chi connectivity index (χ2v) is 9.86. The highest BCUT2D eigenvalue weighted by Gasteiger charge is 2.41. The summed E-state index contributed by atoms with van der Waals surface area (Å²) in [4.78, 5) is 2.52. The van der Waals surface area contributed by atoms with Crippen LogP contribution in [0, 0.1) is 11.8 Å². The molecule has 4 heteroatoms. The minimum atomic E-state index is -0.953. The number of ether oxygens (including phenoxy) is 1. The van der Waals surface area contributed by atoms with Crippen molar-refractivity contribution >= 4 is 15.9 Å². The van der Waals surface area contributed by atoms with Gasteiger partial charge >= 0.3 is 0 Å². The van der Waals surface area contributed by atoms with Gasteiger partial charge in [-0.25, -0.2) is 0 Å². The second kappa shape index (κ2) is 10.7. The van der Waals surface area contributed by atoms with E-state index in [0.717, 1.165) is 53.8 Å². The number of nitrogens with zero attached hydrogens (tertiary/aromatic N) is 1. The Morgan fingerprint density at radius 2 is 1.44 bits per heavy atom. The summed E-state index contributed by atoms with van der Waals surface area (Å²) < 4.78 is 7.03. The number of hydrogen-bond acceptors (Lipinski definition) is 3. The van der Waals surface area contributed by atoms with Crippen LogP contribution in [0.15, 0.2) is 89.4 Å². The third-order valence-electron chi connectivity index (χ3n) is 6.52. The quantitative estimate of drug-likeness (QED) is 0.410. The lowest BCUT2D eigenvalue weighted by atomic mass is 9.72. The Balaban J connectivity index is 1.36. The molecule has 3 aromatic carbocycles. The largest absolute Gasteiger partial charge is 0.493 e. The second-order valence-electron chi connectivity index (χ2n) is 8.94. The van der Waals surface area contributed by atoms with E-state index in [-0.39, 0.29) is 5.92 Å². The highest BCUT2D eigenvalue weighted by atomic mass is 79.9. The van der Waals surface area contributed by atoms with Crippen LogP contribution >= 0.6 is 15.9 Å². The SMILES string of the molecule is CC(COc1ccc(Br)cc1)CN1CCC(C(O)(c2ccccc2)c2ccccc2)CC1. The molecule has 1 aliphatic rings. The van der Waals surface area contributed by atoms with Gasteiger partial charge in [0, 0.05) is 16.9 Å². The van der Waals surface area contributed by atoms with E-state index in [2.05, 4.69) is 52.0 Å². The van der Waals surface area contributed by atoms with E-state index < -0.39 is 5.60 Å². The monoisotopic (exact) mass is 493 g/mol. The molecule has 0 aliphatic carbocycles. The molecule has 0 saturated carbocycles. The van der Waals surface area contributed by atoms with Crippen molar-refractivity contribution in [2.24, 2.45) is 11.8 Å². The maximum Gasteiger partial charge on any atom is 0.119 e. The van der Waals surface area contributed by atoms with Gasteiger partial charge in [-0.05, 0) is 67.2 Å². The van der Waals surface area contributed by atoms with E-state index in [9.17, 15) is 5.11 Å². The fraction of sp³-hybridized carbons (Fsp3) is 0.357. The summed E-state index contributed by atoms with van der Waals surface area (Å²) in [6.45, 7) is 5.96. The minimum absolute atomic E-state index is 0.192. The predicted octanol–water partition coefficient (Wildman–Crippen LogP) is 6.11.